The second kappa shape index (κ2) is 5.00. The maximum atomic E-state index is 9.82. The highest BCUT2D eigenvalue weighted by Gasteiger charge is 2.31. The average molecular weight is 287 g/mol. The van der Waals surface area contributed by atoms with E-state index in [4.69, 9.17) is 11.6 Å². The fourth-order valence-electron chi connectivity index (χ4n) is 2.26. The van der Waals surface area contributed by atoms with Crippen LogP contribution < -0.4 is 5.32 Å². The zero-order valence-electron chi connectivity index (χ0n) is 10.4. The summed E-state index contributed by atoms with van der Waals surface area (Å²) in [7, 11) is 0. The van der Waals surface area contributed by atoms with Crippen molar-refractivity contribution in [1.82, 2.24) is 15.2 Å². The van der Waals surface area contributed by atoms with Crippen molar-refractivity contribution in [3.05, 3.63) is 64.4 Å². The molecule has 0 aliphatic carbocycles. The minimum Gasteiger partial charge on any atom is -0.369 e. The van der Waals surface area contributed by atoms with Crippen molar-refractivity contribution in [1.29, 1.82) is 5.26 Å². The first kappa shape index (κ1) is 12.7. The molecule has 20 heavy (non-hydrogen) atoms. The van der Waals surface area contributed by atoms with Crippen LogP contribution in [0, 0.1) is 11.3 Å². The average Bonchev–Trinajstić information content (AvgIpc) is 2.77. The van der Waals surface area contributed by atoms with Gasteiger partial charge < -0.3 is 15.3 Å². The number of rotatable bonds is 2. The predicted molar refractivity (Wildman–Crippen MR) is 73.8 cm³/mol. The maximum absolute atomic E-state index is 9.82. The SMILES string of the molecule is N#CC1=C2C(=CC=CN2Cc2ccc(Cl)nc2)NC1O. The summed E-state index contributed by atoms with van der Waals surface area (Å²) >= 11 is 5.77. The van der Waals surface area contributed by atoms with Gasteiger partial charge in [-0.15, -0.1) is 0 Å². The van der Waals surface area contributed by atoms with E-state index in [1.54, 1.807) is 12.3 Å². The molecule has 0 amide bonds. The quantitative estimate of drug-likeness (QED) is 0.809. The van der Waals surface area contributed by atoms with Crippen molar-refractivity contribution in [2.45, 2.75) is 12.8 Å². The first-order valence-electron chi connectivity index (χ1n) is 6.04. The van der Waals surface area contributed by atoms with E-state index in [1.807, 2.05) is 29.3 Å². The smallest absolute Gasteiger partial charge is 0.163 e. The summed E-state index contributed by atoms with van der Waals surface area (Å²) in [4.78, 5) is 5.94. The molecule has 100 valence electrons. The van der Waals surface area contributed by atoms with Gasteiger partial charge in [-0.25, -0.2) is 4.98 Å². The summed E-state index contributed by atoms with van der Waals surface area (Å²) in [5.74, 6) is 0. The Kier molecular flexibility index (Phi) is 3.18. The molecule has 0 aromatic carbocycles. The van der Waals surface area contributed by atoms with Gasteiger partial charge in [0.2, 0.25) is 0 Å². The van der Waals surface area contributed by atoms with Crippen LogP contribution in [0.1, 0.15) is 5.56 Å². The van der Waals surface area contributed by atoms with Gasteiger partial charge in [0.25, 0.3) is 0 Å². The number of nitrogens with zero attached hydrogens (tertiary/aromatic N) is 3. The fourth-order valence-corrected chi connectivity index (χ4v) is 2.37. The molecule has 2 aliphatic heterocycles. The first-order valence-corrected chi connectivity index (χ1v) is 6.41. The molecule has 0 bridgehead atoms. The van der Waals surface area contributed by atoms with E-state index in [2.05, 4.69) is 16.4 Å². The Morgan fingerprint density at radius 1 is 1.50 bits per heavy atom. The second-order valence-electron chi connectivity index (χ2n) is 4.46. The molecule has 0 radical (unpaired) electrons. The third-order valence-electron chi connectivity index (χ3n) is 3.15. The summed E-state index contributed by atoms with van der Waals surface area (Å²) in [5, 5.41) is 22.3. The van der Waals surface area contributed by atoms with Gasteiger partial charge in [-0.1, -0.05) is 17.7 Å². The van der Waals surface area contributed by atoms with Crippen LogP contribution in [0.2, 0.25) is 5.15 Å². The highest BCUT2D eigenvalue weighted by Crippen LogP contribution is 2.30. The molecule has 1 unspecified atom stereocenters. The van der Waals surface area contributed by atoms with E-state index in [-0.39, 0.29) is 0 Å². The molecule has 1 atom stereocenters. The van der Waals surface area contributed by atoms with Gasteiger partial charge in [0.05, 0.1) is 11.4 Å². The summed E-state index contributed by atoms with van der Waals surface area (Å²) in [6.07, 6.45) is 6.30. The molecule has 3 heterocycles. The largest absolute Gasteiger partial charge is 0.369 e. The summed E-state index contributed by atoms with van der Waals surface area (Å²) in [6.45, 7) is 0.549. The number of aromatic nitrogens is 1. The zero-order valence-corrected chi connectivity index (χ0v) is 11.2. The van der Waals surface area contributed by atoms with Crippen molar-refractivity contribution in [3.8, 4) is 6.07 Å². The van der Waals surface area contributed by atoms with Crippen LogP contribution in [0.25, 0.3) is 0 Å². The van der Waals surface area contributed by atoms with Crippen LogP contribution in [-0.4, -0.2) is 21.2 Å². The van der Waals surface area contributed by atoms with Crippen molar-refractivity contribution in [2.75, 3.05) is 0 Å². The Morgan fingerprint density at radius 3 is 3.05 bits per heavy atom. The van der Waals surface area contributed by atoms with Crippen LogP contribution in [0.4, 0.5) is 0 Å². The van der Waals surface area contributed by atoms with E-state index < -0.39 is 6.23 Å². The molecule has 5 nitrogen and oxygen atoms in total. The van der Waals surface area contributed by atoms with E-state index in [9.17, 15) is 10.4 Å². The number of pyridine rings is 1. The summed E-state index contributed by atoms with van der Waals surface area (Å²) in [6, 6.07) is 5.66. The molecule has 6 heteroatoms. The first-order chi connectivity index (χ1) is 9.69. The van der Waals surface area contributed by atoms with Gasteiger partial charge in [0.1, 0.15) is 16.8 Å². The van der Waals surface area contributed by atoms with Crippen LogP contribution in [0.15, 0.2) is 53.6 Å². The van der Waals surface area contributed by atoms with Crippen molar-refractivity contribution in [3.63, 3.8) is 0 Å². The third-order valence-corrected chi connectivity index (χ3v) is 3.38. The Bertz CT molecular complexity index is 669. The van der Waals surface area contributed by atoms with Crippen molar-refractivity contribution >= 4 is 11.6 Å². The normalized spacial score (nSPS) is 20.4. The van der Waals surface area contributed by atoms with Gasteiger partial charge in [-0.05, 0) is 23.8 Å². The lowest BCUT2D eigenvalue weighted by Crippen LogP contribution is -2.24. The molecule has 1 aromatic rings. The summed E-state index contributed by atoms with van der Waals surface area (Å²) in [5.41, 5.74) is 2.74. The molecule has 0 spiro atoms. The Labute approximate surface area is 121 Å². The maximum Gasteiger partial charge on any atom is 0.163 e. The molecule has 2 aliphatic rings. The number of hydrogen-bond acceptors (Lipinski definition) is 5. The van der Waals surface area contributed by atoms with Gasteiger partial charge in [-0.2, -0.15) is 5.26 Å². The van der Waals surface area contributed by atoms with Crippen LogP contribution >= 0.6 is 11.6 Å². The molecule has 1 aromatic heterocycles. The fraction of sp³-hybridized carbons (Fsp3) is 0.143. The molecule has 0 saturated carbocycles. The zero-order chi connectivity index (χ0) is 14.1. The molecule has 0 saturated heterocycles. The predicted octanol–water partition coefficient (Wildman–Crippen LogP) is 1.65. The van der Waals surface area contributed by atoms with Crippen molar-refractivity contribution < 1.29 is 5.11 Å². The lowest BCUT2D eigenvalue weighted by molar-refractivity contribution is 0.199. The van der Waals surface area contributed by atoms with E-state index in [0.717, 1.165) is 11.3 Å². The van der Waals surface area contributed by atoms with E-state index in [0.29, 0.717) is 23.0 Å². The minimum absolute atomic E-state index is 0.322. The molecular weight excluding hydrogens is 276 g/mol. The third kappa shape index (κ3) is 2.16. The van der Waals surface area contributed by atoms with Crippen LogP contribution in [0.3, 0.4) is 0 Å². The highest BCUT2D eigenvalue weighted by atomic mass is 35.5. The standard InChI is InChI=1S/C14H11ClN4O/c15-12-4-3-9(7-17-12)8-19-5-1-2-11-13(19)10(6-16)14(20)18-11/h1-5,7,14,18,20H,8H2. The number of allylic oxidation sites excluding steroid dienone is 2. The number of hydrogen-bond donors (Lipinski definition) is 2. The second-order valence-corrected chi connectivity index (χ2v) is 4.85. The number of aliphatic hydroxyl groups is 1. The topological polar surface area (TPSA) is 72.2 Å². The minimum atomic E-state index is -0.952. The molecule has 3 rings (SSSR count). The van der Waals surface area contributed by atoms with Crippen molar-refractivity contribution in [2.24, 2.45) is 0 Å². The summed E-state index contributed by atoms with van der Waals surface area (Å²) < 4.78 is 0. The highest BCUT2D eigenvalue weighted by molar-refractivity contribution is 6.29. The number of nitriles is 1. The van der Waals surface area contributed by atoms with Gasteiger partial charge in [0.15, 0.2) is 6.23 Å². The Hall–Kier alpha value is -2.29. The van der Waals surface area contributed by atoms with E-state index >= 15 is 0 Å². The van der Waals surface area contributed by atoms with Crippen LogP contribution in [0.5, 0.6) is 0 Å². The lowest BCUT2D eigenvalue weighted by Gasteiger charge is -2.25. The van der Waals surface area contributed by atoms with Gasteiger partial charge >= 0.3 is 0 Å². The monoisotopic (exact) mass is 286 g/mol. The van der Waals surface area contributed by atoms with Gasteiger partial charge in [-0.3, -0.25) is 0 Å². The molecule has 2 N–H and O–H groups in total. The molecular formula is C14H11ClN4O. The van der Waals surface area contributed by atoms with Gasteiger partial charge in [0, 0.05) is 18.9 Å². The number of aliphatic hydroxyl groups excluding tert-OH is 1. The van der Waals surface area contributed by atoms with E-state index in [1.165, 1.54) is 0 Å². The number of halogens is 1. The lowest BCUT2D eigenvalue weighted by atomic mass is 10.1. The Balaban J connectivity index is 1.92. The molecule has 0 fully saturated rings. The Morgan fingerprint density at radius 2 is 2.35 bits per heavy atom. The number of fused-ring (bicyclic) bond motifs is 1. The van der Waals surface area contributed by atoms with Crippen LogP contribution in [-0.2, 0) is 6.54 Å². The number of nitrogens with one attached hydrogen (secondary N) is 1.